The Morgan fingerprint density at radius 2 is 2.04 bits per heavy atom. The van der Waals surface area contributed by atoms with Crippen LogP contribution in [-0.2, 0) is 14.3 Å². The number of carbonyl (C=O) groups excluding carboxylic acids is 2. The maximum absolute atomic E-state index is 12.8. The summed E-state index contributed by atoms with van der Waals surface area (Å²) in [5.74, 6) is 0.425. The number of methoxy groups -OCH3 is 1. The van der Waals surface area contributed by atoms with Gasteiger partial charge in [-0.05, 0) is 25.9 Å². The van der Waals surface area contributed by atoms with Crippen molar-refractivity contribution in [2.24, 2.45) is 0 Å². The Labute approximate surface area is 156 Å². The molecule has 0 spiro atoms. The van der Waals surface area contributed by atoms with E-state index in [-0.39, 0.29) is 11.8 Å². The van der Waals surface area contributed by atoms with Gasteiger partial charge in [-0.15, -0.1) is 0 Å². The molecule has 7 nitrogen and oxygen atoms in total. The maximum atomic E-state index is 12.8. The fraction of sp³-hybridized carbons (Fsp3) is 0.684. The van der Waals surface area contributed by atoms with Crippen molar-refractivity contribution in [2.45, 2.75) is 45.6 Å². The van der Waals surface area contributed by atoms with Crippen molar-refractivity contribution >= 4 is 11.8 Å². The van der Waals surface area contributed by atoms with Crippen LogP contribution in [0, 0.1) is 0 Å². The van der Waals surface area contributed by atoms with Gasteiger partial charge in [-0.1, -0.05) is 6.92 Å². The van der Waals surface area contributed by atoms with E-state index in [0.717, 1.165) is 30.9 Å². The van der Waals surface area contributed by atoms with Gasteiger partial charge in [0, 0.05) is 57.8 Å². The summed E-state index contributed by atoms with van der Waals surface area (Å²) in [7, 11) is 5.44. The zero-order valence-corrected chi connectivity index (χ0v) is 16.6. The predicted molar refractivity (Wildman–Crippen MR) is 101 cm³/mol. The van der Waals surface area contributed by atoms with Crippen molar-refractivity contribution in [1.29, 1.82) is 0 Å². The molecule has 1 fully saturated rings. The van der Waals surface area contributed by atoms with Crippen molar-refractivity contribution < 1.29 is 14.3 Å². The predicted octanol–water partition coefficient (Wildman–Crippen LogP) is 1.19. The molecule has 26 heavy (non-hydrogen) atoms. The summed E-state index contributed by atoms with van der Waals surface area (Å²) < 4.78 is 5.51. The van der Waals surface area contributed by atoms with E-state index in [4.69, 9.17) is 4.74 Å². The van der Waals surface area contributed by atoms with Gasteiger partial charge >= 0.3 is 0 Å². The SMILES string of the molecule is CCN1CCCC1CNC(=O)C1=C(OC)CC(N(C)C)=C(NC(C)=O)C1. The fourth-order valence-electron chi connectivity index (χ4n) is 3.76. The number of hydrogen-bond acceptors (Lipinski definition) is 5. The Morgan fingerprint density at radius 3 is 2.62 bits per heavy atom. The van der Waals surface area contributed by atoms with Crippen LogP contribution in [0.3, 0.4) is 0 Å². The molecule has 146 valence electrons. The fourth-order valence-corrected chi connectivity index (χ4v) is 3.76. The van der Waals surface area contributed by atoms with Crippen LogP contribution in [0.2, 0.25) is 0 Å². The monoisotopic (exact) mass is 364 g/mol. The summed E-state index contributed by atoms with van der Waals surface area (Å²) in [6, 6.07) is 0.404. The van der Waals surface area contributed by atoms with Crippen molar-refractivity contribution in [3.63, 3.8) is 0 Å². The molecule has 2 amide bonds. The maximum Gasteiger partial charge on any atom is 0.251 e. The average Bonchev–Trinajstić information content (AvgIpc) is 3.06. The van der Waals surface area contributed by atoms with Crippen LogP contribution in [0.4, 0.5) is 0 Å². The van der Waals surface area contributed by atoms with Crippen LogP contribution in [-0.4, -0.2) is 68.5 Å². The molecule has 2 rings (SSSR count). The molecule has 2 N–H and O–H groups in total. The summed E-state index contributed by atoms with van der Waals surface area (Å²) >= 11 is 0. The number of nitrogens with zero attached hydrogens (tertiary/aromatic N) is 2. The van der Waals surface area contributed by atoms with Gasteiger partial charge in [-0.25, -0.2) is 0 Å². The second kappa shape index (κ2) is 9.07. The number of ether oxygens (including phenoxy) is 1. The quantitative estimate of drug-likeness (QED) is 0.710. The molecule has 1 heterocycles. The molecule has 1 aliphatic heterocycles. The second-order valence-electron chi connectivity index (χ2n) is 7.09. The van der Waals surface area contributed by atoms with Gasteiger partial charge in [-0.3, -0.25) is 14.5 Å². The molecule has 1 aliphatic carbocycles. The number of allylic oxidation sites excluding steroid dienone is 1. The summed E-state index contributed by atoms with van der Waals surface area (Å²) in [6.45, 7) is 6.39. The highest BCUT2D eigenvalue weighted by Gasteiger charge is 2.29. The zero-order chi connectivity index (χ0) is 19.3. The van der Waals surface area contributed by atoms with E-state index in [1.165, 1.54) is 13.3 Å². The van der Waals surface area contributed by atoms with Crippen molar-refractivity contribution in [2.75, 3.05) is 40.8 Å². The first-order chi connectivity index (χ1) is 12.4. The summed E-state index contributed by atoms with van der Waals surface area (Å²) in [5, 5.41) is 5.95. The normalized spacial score (nSPS) is 21.0. The Balaban J connectivity index is 2.10. The Kier molecular flexibility index (Phi) is 7.08. The first kappa shape index (κ1) is 20.3. The largest absolute Gasteiger partial charge is 0.500 e. The molecule has 1 atom stereocenters. The van der Waals surface area contributed by atoms with Crippen molar-refractivity contribution in [3.8, 4) is 0 Å². The molecule has 0 aromatic heterocycles. The van der Waals surface area contributed by atoms with E-state index in [0.29, 0.717) is 36.8 Å². The molecule has 7 heteroatoms. The van der Waals surface area contributed by atoms with E-state index in [9.17, 15) is 9.59 Å². The number of hydrogen-bond donors (Lipinski definition) is 2. The van der Waals surface area contributed by atoms with Crippen LogP contribution >= 0.6 is 0 Å². The third kappa shape index (κ3) is 4.78. The molecule has 0 saturated carbocycles. The molecule has 0 aromatic rings. The average molecular weight is 364 g/mol. The van der Waals surface area contributed by atoms with Crippen LogP contribution in [0.1, 0.15) is 39.5 Å². The first-order valence-corrected chi connectivity index (χ1v) is 9.32. The Hall–Kier alpha value is -2.02. The lowest BCUT2D eigenvalue weighted by Crippen LogP contribution is -2.41. The molecule has 1 unspecified atom stereocenters. The van der Waals surface area contributed by atoms with Gasteiger partial charge in [0.2, 0.25) is 5.91 Å². The number of amides is 2. The molecule has 0 radical (unpaired) electrons. The lowest BCUT2D eigenvalue weighted by atomic mass is 9.96. The Morgan fingerprint density at radius 1 is 1.31 bits per heavy atom. The van der Waals surface area contributed by atoms with E-state index in [1.54, 1.807) is 7.11 Å². The number of likely N-dealkylation sites (N-methyl/N-ethyl adjacent to an activating group) is 1. The van der Waals surface area contributed by atoms with Gasteiger partial charge in [0.25, 0.3) is 5.91 Å². The number of rotatable bonds is 7. The van der Waals surface area contributed by atoms with Gasteiger partial charge < -0.3 is 20.3 Å². The molecular weight excluding hydrogens is 332 g/mol. The topological polar surface area (TPSA) is 73.9 Å². The highest BCUT2D eigenvalue weighted by molar-refractivity contribution is 5.95. The highest BCUT2D eigenvalue weighted by atomic mass is 16.5. The van der Waals surface area contributed by atoms with E-state index >= 15 is 0 Å². The van der Waals surface area contributed by atoms with E-state index < -0.39 is 0 Å². The Bertz CT molecular complexity index is 610. The smallest absolute Gasteiger partial charge is 0.251 e. The van der Waals surface area contributed by atoms with E-state index in [2.05, 4.69) is 22.5 Å². The minimum absolute atomic E-state index is 0.106. The number of carbonyl (C=O) groups is 2. The first-order valence-electron chi connectivity index (χ1n) is 9.32. The summed E-state index contributed by atoms with van der Waals surface area (Å²) in [5.41, 5.74) is 2.33. The minimum Gasteiger partial charge on any atom is -0.500 e. The summed E-state index contributed by atoms with van der Waals surface area (Å²) in [6.07, 6.45) is 3.16. The van der Waals surface area contributed by atoms with Crippen LogP contribution in [0.15, 0.2) is 22.7 Å². The van der Waals surface area contributed by atoms with Gasteiger partial charge in [0.05, 0.1) is 12.7 Å². The third-order valence-corrected chi connectivity index (χ3v) is 5.16. The third-order valence-electron chi connectivity index (χ3n) is 5.16. The standard InChI is InChI=1S/C19H32N4O3/c1-6-23-9-7-8-14(23)12-20-19(25)15-10-16(21-13(2)24)17(22(3)4)11-18(15)26-5/h14H,6-12H2,1-5H3,(H,20,25)(H,21,24). The van der Waals surface area contributed by atoms with Crippen LogP contribution in [0.5, 0.6) is 0 Å². The van der Waals surface area contributed by atoms with Crippen LogP contribution in [0.25, 0.3) is 0 Å². The molecule has 0 bridgehead atoms. The highest BCUT2D eigenvalue weighted by Crippen LogP contribution is 2.30. The number of nitrogens with one attached hydrogen (secondary N) is 2. The summed E-state index contributed by atoms with van der Waals surface area (Å²) in [4.78, 5) is 28.7. The van der Waals surface area contributed by atoms with Crippen molar-refractivity contribution in [1.82, 2.24) is 20.4 Å². The van der Waals surface area contributed by atoms with Gasteiger partial charge in [0.15, 0.2) is 0 Å². The van der Waals surface area contributed by atoms with Gasteiger partial charge in [0.1, 0.15) is 5.76 Å². The lowest BCUT2D eigenvalue weighted by molar-refractivity contribution is -0.119. The molecule has 0 aromatic carbocycles. The van der Waals surface area contributed by atoms with Crippen molar-refractivity contribution in [3.05, 3.63) is 22.7 Å². The van der Waals surface area contributed by atoms with E-state index in [1.807, 2.05) is 19.0 Å². The molecular formula is C19H32N4O3. The minimum atomic E-state index is -0.135. The molecule has 1 saturated heterocycles. The second-order valence-corrected chi connectivity index (χ2v) is 7.09. The number of likely N-dealkylation sites (tertiary alicyclic amines) is 1. The molecule has 2 aliphatic rings. The zero-order valence-electron chi connectivity index (χ0n) is 16.6. The van der Waals surface area contributed by atoms with Gasteiger partial charge in [-0.2, -0.15) is 0 Å². The van der Waals surface area contributed by atoms with Crippen LogP contribution < -0.4 is 10.6 Å². The lowest BCUT2D eigenvalue weighted by Gasteiger charge is -2.29.